The Morgan fingerprint density at radius 3 is 2.55 bits per heavy atom. The Labute approximate surface area is 191 Å². The summed E-state index contributed by atoms with van der Waals surface area (Å²) in [5.41, 5.74) is 4.79. The molecule has 3 aromatic rings. The Hall–Kier alpha value is -3.77. The third-order valence-corrected chi connectivity index (χ3v) is 6.21. The van der Waals surface area contributed by atoms with Gasteiger partial charge in [-0.1, -0.05) is 37.3 Å². The third kappa shape index (κ3) is 3.62. The molecule has 3 aliphatic heterocycles. The third-order valence-electron chi connectivity index (χ3n) is 6.21. The second kappa shape index (κ2) is 7.98. The molecule has 0 saturated carbocycles. The molecule has 0 atom stereocenters. The van der Waals surface area contributed by atoms with E-state index in [2.05, 4.69) is 24.0 Å². The van der Waals surface area contributed by atoms with Gasteiger partial charge in [0, 0.05) is 13.1 Å². The van der Waals surface area contributed by atoms with Gasteiger partial charge >= 0.3 is 0 Å². The second-order valence-corrected chi connectivity index (χ2v) is 8.40. The summed E-state index contributed by atoms with van der Waals surface area (Å²) in [5, 5.41) is 0. The van der Waals surface area contributed by atoms with Crippen LogP contribution >= 0.6 is 0 Å². The molecule has 0 bridgehead atoms. The zero-order valence-electron chi connectivity index (χ0n) is 18.3. The minimum absolute atomic E-state index is 0.0970. The van der Waals surface area contributed by atoms with Crippen LogP contribution in [0.4, 0.5) is 0 Å². The summed E-state index contributed by atoms with van der Waals surface area (Å²) < 4.78 is 23.0. The number of carbonyl (C=O) groups is 1. The predicted molar refractivity (Wildman–Crippen MR) is 123 cm³/mol. The SMILES string of the molecule is CCc1ccc(/C=C2\Oc3c(ccc4c3CN(Cc3ccc5c(c3)OCO5)CO4)C2=O)cc1. The summed E-state index contributed by atoms with van der Waals surface area (Å²) in [7, 11) is 0. The lowest BCUT2D eigenvalue weighted by Crippen LogP contribution is -2.31. The number of hydrogen-bond donors (Lipinski definition) is 0. The van der Waals surface area contributed by atoms with Crippen LogP contribution in [0.5, 0.6) is 23.0 Å². The van der Waals surface area contributed by atoms with Gasteiger partial charge in [-0.2, -0.15) is 0 Å². The average molecular weight is 441 g/mol. The number of nitrogens with zero attached hydrogens (tertiary/aromatic N) is 1. The summed E-state index contributed by atoms with van der Waals surface area (Å²) in [6.07, 6.45) is 2.79. The van der Waals surface area contributed by atoms with Crippen LogP contribution in [0.3, 0.4) is 0 Å². The molecule has 0 aromatic heterocycles. The predicted octanol–water partition coefficient (Wildman–Crippen LogP) is 4.95. The molecule has 0 radical (unpaired) electrons. The van der Waals surface area contributed by atoms with E-state index in [-0.39, 0.29) is 12.6 Å². The maximum Gasteiger partial charge on any atom is 0.231 e. The van der Waals surface area contributed by atoms with Crippen LogP contribution in [-0.2, 0) is 19.5 Å². The molecule has 3 aromatic carbocycles. The van der Waals surface area contributed by atoms with Gasteiger partial charge < -0.3 is 18.9 Å². The van der Waals surface area contributed by atoms with Crippen molar-refractivity contribution in [2.75, 3.05) is 13.5 Å². The van der Waals surface area contributed by atoms with Gasteiger partial charge in [-0.25, -0.2) is 0 Å². The summed E-state index contributed by atoms with van der Waals surface area (Å²) in [4.78, 5) is 15.2. The second-order valence-electron chi connectivity index (χ2n) is 8.40. The smallest absolute Gasteiger partial charge is 0.231 e. The van der Waals surface area contributed by atoms with Crippen molar-refractivity contribution in [3.8, 4) is 23.0 Å². The van der Waals surface area contributed by atoms with Crippen LogP contribution in [0.2, 0.25) is 0 Å². The highest BCUT2D eigenvalue weighted by atomic mass is 16.7. The number of ketones is 1. The first kappa shape index (κ1) is 19.9. The fourth-order valence-corrected chi connectivity index (χ4v) is 4.40. The Kier molecular flexibility index (Phi) is 4.80. The Balaban J connectivity index is 1.24. The number of allylic oxidation sites excluding steroid dienone is 1. The molecule has 166 valence electrons. The maximum absolute atomic E-state index is 13.0. The fourth-order valence-electron chi connectivity index (χ4n) is 4.40. The zero-order valence-corrected chi connectivity index (χ0v) is 18.3. The maximum atomic E-state index is 13.0. The molecular formula is C27H23NO5. The van der Waals surface area contributed by atoms with Gasteiger partial charge in [-0.15, -0.1) is 0 Å². The van der Waals surface area contributed by atoms with E-state index in [1.807, 2.05) is 42.5 Å². The molecule has 0 unspecified atom stereocenters. The van der Waals surface area contributed by atoms with E-state index >= 15 is 0 Å². The number of benzene rings is 3. The van der Waals surface area contributed by atoms with Gasteiger partial charge in [0.05, 0.1) is 11.1 Å². The summed E-state index contributed by atoms with van der Waals surface area (Å²) >= 11 is 0. The summed E-state index contributed by atoms with van der Waals surface area (Å²) in [6.45, 7) is 4.14. The summed E-state index contributed by atoms with van der Waals surface area (Å²) in [5.74, 6) is 3.15. The Bertz CT molecular complexity index is 1280. The van der Waals surface area contributed by atoms with Gasteiger partial charge in [0.2, 0.25) is 12.6 Å². The molecule has 6 nitrogen and oxygen atoms in total. The Morgan fingerprint density at radius 1 is 0.909 bits per heavy atom. The molecule has 33 heavy (non-hydrogen) atoms. The van der Waals surface area contributed by atoms with Gasteiger partial charge in [0.25, 0.3) is 0 Å². The zero-order chi connectivity index (χ0) is 22.4. The van der Waals surface area contributed by atoms with Crippen molar-refractivity contribution in [3.05, 3.63) is 88.2 Å². The minimum atomic E-state index is -0.0970. The van der Waals surface area contributed by atoms with Crippen molar-refractivity contribution < 1.29 is 23.7 Å². The van der Waals surface area contributed by atoms with Gasteiger partial charge in [-0.05, 0) is 53.5 Å². The van der Waals surface area contributed by atoms with Crippen molar-refractivity contribution in [1.29, 1.82) is 0 Å². The normalized spacial score (nSPS) is 17.5. The number of aryl methyl sites for hydroxylation is 1. The lowest BCUT2D eigenvalue weighted by molar-refractivity contribution is 0.0872. The van der Waals surface area contributed by atoms with Gasteiger partial charge in [-0.3, -0.25) is 9.69 Å². The first-order valence-corrected chi connectivity index (χ1v) is 11.1. The lowest BCUT2D eigenvalue weighted by atomic mass is 10.0. The topological polar surface area (TPSA) is 57.2 Å². The fraction of sp³-hybridized carbons (Fsp3) is 0.222. The molecule has 6 heteroatoms. The Morgan fingerprint density at radius 2 is 1.70 bits per heavy atom. The minimum Gasteiger partial charge on any atom is -0.478 e. The molecule has 0 N–H and O–H groups in total. The van der Waals surface area contributed by atoms with Gasteiger partial charge in [0.15, 0.2) is 17.3 Å². The molecule has 6 rings (SSSR count). The molecular weight excluding hydrogens is 418 g/mol. The monoisotopic (exact) mass is 441 g/mol. The number of Topliss-reactive ketones (excluding diaryl/α,β-unsaturated/α-hetero) is 1. The molecule has 3 aliphatic rings. The van der Waals surface area contributed by atoms with Crippen LogP contribution in [0.15, 0.2) is 60.4 Å². The first-order valence-electron chi connectivity index (χ1n) is 11.1. The number of ether oxygens (including phenoxy) is 4. The van der Waals surface area contributed by atoms with E-state index in [9.17, 15) is 4.79 Å². The van der Waals surface area contributed by atoms with Crippen LogP contribution < -0.4 is 18.9 Å². The average Bonchev–Trinajstić information content (AvgIpc) is 3.44. The van der Waals surface area contributed by atoms with E-state index in [4.69, 9.17) is 18.9 Å². The first-order chi connectivity index (χ1) is 16.2. The lowest BCUT2D eigenvalue weighted by Gasteiger charge is -2.29. The highest BCUT2D eigenvalue weighted by molar-refractivity contribution is 6.15. The van der Waals surface area contributed by atoms with Gasteiger partial charge in [0.1, 0.15) is 18.2 Å². The quantitative estimate of drug-likeness (QED) is 0.534. The number of fused-ring (bicyclic) bond motifs is 4. The van der Waals surface area contributed by atoms with Crippen LogP contribution in [0.1, 0.15) is 39.5 Å². The highest BCUT2D eigenvalue weighted by Crippen LogP contribution is 2.42. The molecule has 0 spiro atoms. The largest absolute Gasteiger partial charge is 0.478 e. The van der Waals surface area contributed by atoms with Crippen LogP contribution in [0.25, 0.3) is 6.08 Å². The van der Waals surface area contributed by atoms with Crippen LogP contribution in [0, 0.1) is 0 Å². The van der Waals surface area contributed by atoms with E-state index in [0.29, 0.717) is 36.9 Å². The number of hydrogen-bond acceptors (Lipinski definition) is 6. The van der Waals surface area contributed by atoms with Crippen molar-refractivity contribution in [1.82, 2.24) is 4.90 Å². The summed E-state index contributed by atoms with van der Waals surface area (Å²) in [6, 6.07) is 17.8. The standard InChI is InChI=1S/C27H23NO5/c1-2-17-3-5-18(6-4-17)11-25-26(29)20-8-10-22-21(27(20)33-25)14-28(15-30-22)13-19-7-9-23-24(12-19)32-16-31-23/h3-12H,2,13-16H2,1H3/b25-11-. The van der Waals surface area contributed by atoms with E-state index < -0.39 is 0 Å². The van der Waals surface area contributed by atoms with Crippen molar-refractivity contribution in [2.45, 2.75) is 26.4 Å². The number of rotatable bonds is 4. The molecule has 0 saturated heterocycles. The molecule has 0 fully saturated rings. The van der Waals surface area contributed by atoms with Crippen LogP contribution in [-0.4, -0.2) is 24.2 Å². The van der Waals surface area contributed by atoms with E-state index in [1.165, 1.54) is 5.56 Å². The molecule has 0 aliphatic carbocycles. The van der Waals surface area contributed by atoms with Crippen molar-refractivity contribution in [3.63, 3.8) is 0 Å². The van der Waals surface area contributed by atoms with Crippen molar-refractivity contribution in [2.24, 2.45) is 0 Å². The van der Waals surface area contributed by atoms with E-state index in [1.54, 1.807) is 6.07 Å². The van der Waals surface area contributed by atoms with E-state index in [0.717, 1.165) is 40.4 Å². The van der Waals surface area contributed by atoms with Crippen molar-refractivity contribution >= 4 is 11.9 Å². The number of carbonyl (C=O) groups excluding carboxylic acids is 1. The highest BCUT2D eigenvalue weighted by Gasteiger charge is 2.33. The molecule has 3 heterocycles. The molecule has 0 amide bonds.